The van der Waals surface area contributed by atoms with Crippen LogP contribution in [0.2, 0.25) is 0 Å². The van der Waals surface area contributed by atoms with Crippen molar-refractivity contribution in [3.63, 3.8) is 0 Å². The van der Waals surface area contributed by atoms with Crippen LogP contribution in [0.3, 0.4) is 0 Å². The number of carbonyl (C=O) groups excluding carboxylic acids is 1. The summed E-state index contributed by atoms with van der Waals surface area (Å²) in [5.41, 5.74) is 12.4. The van der Waals surface area contributed by atoms with Crippen LogP contribution in [0.15, 0.2) is 18.2 Å². The molecular formula is C9H11ClN2O. The molecule has 1 unspecified atom stereocenters. The lowest BCUT2D eigenvalue weighted by atomic mass is 10.1. The van der Waals surface area contributed by atoms with Crippen molar-refractivity contribution in [3.8, 4) is 0 Å². The molecule has 1 atom stereocenters. The quantitative estimate of drug-likeness (QED) is 0.432. The highest BCUT2D eigenvalue weighted by Gasteiger charge is 2.14. The van der Waals surface area contributed by atoms with E-state index < -0.39 is 5.38 Å². The van der Waals surface area contributed by atoms with Gasteiger partial charge >= 0.3 is 0 Å². The molecule has 4 N–H and O–H groups in total. The number of halogens is 1. The van der Waals surface area contributed by atoms with E-state index in [0.29, 0.717) is 16.9 Å². The van der Waals surface area contributed by atoms with E-state index in [4.69, 9.17) is 23.1 Å². The van der Waals surface area contributed by atoms with Crippen molar-refractivity contribution < 1.29 is 4.79 Å². The van der Waals surface area contributed by atoms with Gasteiger partial charge in [0.05, 0.1) is 5.38 Å². The highest BCUT2D eigenvalue weighted by molar-refractivity contribution is 6.34. The summed E-state index contributed by atoms with van der Waals surface area (Å²) >= 11 is 5.64. The predicted octanol–water partition coefficient (Wildman–Crippen LogP) is 1.66. The molecule has 1 aromatic rings. The fourth-order valence-electron chi connectivity index (χ4n) is 1.02. The fraction of sp³-hybridized carbons (Fsp3) is 0.222. The van der Waals surface area contributed by atoms with Crippen LogP contribution in [-0.2, 0) is 0 Å². The topological polar surface area (TPSA) is 69.1 Å². The van der Waals surface area contributed by atoms with Gasteiger partial charge in [-0.2, -0.15) is 0 Å². The van der Waals surface area contributed by atoms with Crippen LogP contribution in [-0.4, -0.2) is 11.2 Å². The van der Waals surface area contributed by atoms with E-state index in [1.54, 1.807) is 25.1 Å². The first-order chi connectivity index (χ1) is 6.02. The largest absolute Gasteiger partial charge is 0.399 e. The average Bonchev–Trinajstić information content (AvgIpc) is 2.03. The Kier molecular flexibility index (Phi) is 2.78. The number of nitrogen functional groups attached to an aromatic ring is 2. The number of Topliss-reactive ketones (excluding diaryl/α,β-unsaturated/α-hetero) is 1. The minimum atomic E-state index is -0.564. The van der Waals surface area contributed by atoms with E-state index in [-0.39, 0.29) is 5.78 Å². The van der Waals surface area contributed by atoms with Gasteiger partial charge in [-0.25, -0.2) is 0 Å². The second-order valence-corrected chi connectivity index (χ2v) is 3.48. The van der Waals surface area contributed by atoms with E-state index in [1.807, 2.05) is 0 Å². The number of hydrogen-bond acceptors (Lipinski definition) is 3. The Labute approximate surface area is 81.7 Å². The maximum atomic E-state index is 11.4. The van der Waals surface area contributed by atoms with Gasteiger partial charge in [-0.3, -0.25) is 4.79 Å². The summed E-state index contributed by atoms with van der Waals surface area (Å²) in [4.78, 5) is 11.4. The minimum absolute atomic E-state index is 0.181. The maximum Gasteiger partial charge on any atom is 0.182 e. The number of benzene rings is 1. The van der Waals surface area contributed by atoms with Crippen LogP contribution in [0, 0.1) is 0 Å². The number of ketones is 1. The Bertz CT molecular complexity index is 336. The zero-order valence-corrected chi connectivity index (χ0v) is 8.01. The number of rotatable bonds is 2. The summed E-state index contributed by atoms with van der Waals surface area (Å²) < 4.78 is 0. The zero-order valence-electron chi connectivity index (χ0n) is 7.25. The molecule has 0 heterocycles. The van der Waals surface area contributed by atoms with Crippen molar-refractivity contribution >= 4 is 28.8 Å². The van der Waals surface area contributed by atoms with Crippen LogP contribution < -0.4 is 11.5 Å². The van der Waals surface area contributed by atoms with Gasteiger partial charge in [0, 0.05) is 16.9 Å². The molecule has 0 aliphatic carbocycles. The first kappa shape index (κ1) is 9.86. The molecule has 0 aromatic heterocycles. The zero-order chi connectivity index (χ0) is 10.0. The van der Waals surface area contributed by atoms with Crippen LogP contribution in [0.5, 0.6) is 0 Å². The number of nitrogens with two attached hydrogens (primary N) is 2. The second-order valence-electron chi connectivity index (χ2n) is 2.83. The van der Waals surface area contributed by atoms with Crippen molar-refractivity contribution in [1.82, 2.24) is 0 Å². The lowest BCUT2D eigenvalue weighted by Gasteiger charge is -2.06. The van der Waals surface area contributed by atoms with Crippen molar-refractivity contribution in [2.24, 2.45) is 0 Å². The number of hydrogen-bond donors (Lipinski definition) is 2. The lowest BCUT2D eigenvalue weighted by Crippen LogP contribution is -2.12. The summed E-state index contributed by atoms with van der Waals surface area (Å²) in [6, 6.07) is 4.77. The molecule has 0 fully saturated rings. The van der Waals surface area contributed by atoms with Crippen molar-refractivity contribution in [2.75, 3.05) is 11.5 Å². The molecule has 0 spiro atoms. The van der Waals surface area contributed by atoms with Gasteiger partial charge < -0.3 is 11.5 Å². The van der Waals surface area contributed by atoms with E-state index in [2.05, 4.69) is 0 Å². The first-order valence-corrected chi connectivity index (χ1v) is 4.29. The Morgan fingerprint density at radius 3 is 2.54 bits per heavy atom. The Hall–Kier alpha value is -1.22. The maximum absolute atomic E-state index is 11.4. The Balaban J connectivity index is 3.09. The predicted molar refractivity (Wildman–Crippen MR) is 54.9 cm³/mol. The number of alkyl halides is 1. The third kappa shape index (κ3) is 2.12. The lowest BCUT2D eigenvalue weighted by molar-refractivity contribution is 0.0992. The number of carbonyl (C=O) groups is 1. The summed E-state index contributed by atoms with van der Waals surface area (Å²) in [7, 11) is 0. The fourth-order valence-corrected chi connectivity index (χ4v) is 1.14. The molecule has 70 valence electrons. The monoisotopic (exact) mass is 198 g/mol. The molecule has 0 saturated carbocycles. The molecule has 1 rings (SSSR count). The molecule has 0 saturated heterocycles. The van der Waals surface area contributed by atoms with Gasteiger partial charge in [0.1, 0.15) is 0 Å². The van der Waals surface area contributed by atoms with Gasteiger partial charge in [-0.05, 0) is 25.1 Å². The van der Waals surface area contributed by atoms with Gasteiger partial charge in [-0.1, -0.05) is 0 Å². The summed E-state index contributed by atoms with van der Waals surface area (Å²) in [6.07, 6.45) is 0. The molecule has 0 amide bonds. The molecule has 3 nitrogen and oxygen atoms in total. The number of anilines is 2. The highest BCUT2D eigenvalue weighted by Crippen LogP contribution is 2.18. The van der Waals surface area contributed by atoms with Crippen LogP contribution in [0.1, 0.15) is 17.3 Å². The van der Waals surface area contributed by atoms with E-state index in [9.17, 15) is 4.79 Å². The standard InChI is InChI=1S/C9H11ClN2O/c1-5(10)9(13)7-3-2-6(11)4-8(7)12/h2-5H,11-12H2,1H3. The second kappa shape index (κ2) is 3.66. The van der Waals surface area contributed by atoms with Gasteiger partial charge in [0.2, 0.25) is 0 Å². The third-order valence-corrected chi connectivity index (χ3v) is 1.90. The SMILES string of the molecule is CC(Cl)C(=O)c1ccc(N)cc1N. The van der Waals surface area contributed by atoms with E-state index in [0.717, 1.165) is 0 Å². The van der Waals surface area contributed by atoms with Crippen LogP contribution in [0.4, 0.5) is 11.4 Å². The molecule has 0 aliphatic heterocycles. The van der Waals surface area contributed by atoms with Crippen LogP contribution >= 0.6 is 11.6 Å². The normalized spacial score (nSPS) is 12.5. The van der Waals surface area contributed by atoms with E-state index >= 15 is 0 Å². The van der Waals surface area contributed by atoms with Crippen molar-refractivity contribution in [1.29, 1.82) is 0 Å². The summed E-state index contributed by atoms with van der Waals surface area (Å²) in [5, 5.41) is -0.564. The Morgan fingerprint density at radius 2 is 2.08 bits per heavy atom. The van der Waals surface area contributed by atoms with Gasteiger partial charge in [-0.15, -0.1) is 11.6 Å². The average molecular weight is 199 g/mol. The molecule has 4 heteroatoms. The van der Waals surface area contributed by atoms with Crippen molar-refractivity contribution in [3.05, 3.63) is 23.8 Å². The van der Waals surface area contributed by atoms with Gasteiger partial charge in [0.25, 0.3) is 0 Å². The summed E-state index contributed by atoms with van der Waals surface area (Å²) in [5.74, 6) is -0.181. The highest BCUT2D eigenvalue weighted by atomic mass is 35.5. The molecule has 13 heavy (non-hydrogen) atoms. The smallest absolute Gasteiger partial charge is 0.182 e. The minimum Gasteiger partial charge on any atom is -0.399 e. The molecule has 0 radical (unpaired) electrons. The van der Waals surface area contributed by atoms with Crippen LogP contribution in [0.25, 0.3) is 0 Å². The molecule has 0 bridgehead atoms. The molecule has 1 aromatic carbocycles. The first-order valence-electron chi connectivity index (χ1n) is 3.85. The summed E-state index contributed by atoms with van der Waals surface area (Å²) in [6.45, 7) is 1.61. The third-order valence-electron chi connectivity index (χ3n) is 1.70. The molecular weight excluding hydrogens is 188 g/mol. The van der Waals surface area contributed by atoms with Crippen molar-refractivity contribution in [2.45, 2.75) is 12.3 Å². The Morgan fingerprint density at radius 1 is 1.46 bits per heavy atom. The molecule has 0 aliphatic rings. The van der Waals surface area contributed by atoms with Gasteiger partial charge in [0.15, 0.2) is 5.78 Å². The van der Waals surface area contributed by atoms with E-state index in [1.165, 1.54) is 0 Å².